The van der Waals surface area contributed by atoms with Crippen LogP contribution in [0.1, 0.15) is 5.56 Å². The number of hydrogen-bond acceptors (Lipinski definition) is 3. The normalized spacial score (nSPS) is 10.9. The van der Waals surface area contributed by atoms with Crippen molar-refractivity contribution in [3.05, 3.63) is 79.0 Å². The monoisotopic (exact) mass is 286 g/mol. The molecule has 0 unspecified atom stereocenters. The second-order valence-corrected chi connectivity index (χ2v) is 5.11. The molecule has 0 aliphatic rings. The van der Waals surface area contributed by atoms with Gasteiger partial charge in [-0.15, -0.1) is 0 Å². The smallest absolute Gasteiger partial charge is 0.142 e. The number of aromatic nitrogens is 4. The molecular weight excluding hydrogens is 272 g/mol. The van der Waals surface area contributed by atoms with Gasteiger partial charge in [-0.3, -0.25) is 9.97 Å². The minimum Gasteiger partial charge on any atom is -0.326 e. The van der Waals surface area contributed by atoms with Crippen LogP contribution in [-0.4, -0.2) is 19.5 Å². The average molecular weight is 286 g/mol. The van der Waals surface area contributed by atoms with E-state index in [-0.39, 0.29) is 0 Å². The largest absolute Gasteiger partial charge is 0.326 e. The fraction of sp³-hybridized carbons (Fsp3) is 0.0556. The van der Waals surface area contributed by atoms with Crippen molar-refractivity contribution in [2.75, 3.05) is 0 Å². The molecule has 0 saturated carbocycles. The fourth-order valence-corrected chi connectivity index (χ4v) is 2.65. The van der Waals surface area contributed by atoms with E-state index in [0.29, 0.717) is 0 Å². The highest BCUT2D eigenvalue weighted by molar-refractivity contribution is 5.91. The van der Waals surface area contributed by atoms with Gasteiger partial charge in [0.25, 0.3) is 0 Å². The molecule has 0 spiro atoms. The Hall–Kier alpha value is -3.01. The number of benzene rings is 1. The van der Waals surface area contributed by atoms with E-state index in [1.54, 1.807) is 0 Å². The van der Waals surface area contributed by atoms with Crippen molar-refractivity contribution >= 4 is 10.9 Å². The Morgan fingerprint density at radius 1 is 0.818 bits per heavy atom. The highest BCUT2D eigenvalue weighted by Crippen LogP contribution is 2.26. The molecule has 3 aromatic heterocycles. The van der Waals surface area contributed by atoms with E-state index in [2.05, 4.69) is 37.7 Å². The van der Waals surface area contributed by atoms with Crippen LogP contribution in [0.2, 0.25) is 0 Å². The maximum absolute atomic E-state index is 4.54. The third-order valence-electron chi connectivity index (χ3n) is 3.69. The lowest BCUT2D eigenvalue weighted by Crippen LogP contribution is -2.01. The van der Waals surface area contributed by atoms with Crippen LogP contribution in [0.5, 0.6) is 0 Å². The van der Waals surface area contributed by atoms with Crippen molar-refractivity contribution in [3.8, 4) is 11.4 Å². The number of rotatable bonds is 3. The van der Waals surface area contributed by atoms with Gasteiger partial charge in [0.2, 0.25) is 0 Å². The van der Waals surface area contributed by atoms with Crippen LogP contribution in [0.4, 0.5) is 0 Å². The minimum absolute atomic E-state index is 0.765. The van der Waals surface area contributed by atoms with Crippen molar-refractivity contribution in [1.82, 2.24) is 19.5 Å². The van der Waals surface area contributed by atoms with E-state index in [1.807, 2.05) is 55.2 Å². The number of pyridine rings is 2. The number of para-hydroxylation sites is 1. The minimum atomic E-state index is 0.765. The molecule has 0 aliphatic heterocycles. The summed E-state index contributed by atoms with van der Waals surface area (Å²) in [7, 11) is 0. The summed E-state index contributed by atoms with van der Waals surface area (Å²) < 4.78 is 2.14. The third-order valence-corrected chi connectivity index (χ3v) is 3.69. The summed E-state index contributed by atoms with van der Waals surface area (Å²) >= 11 is 0. The van der Waals surface area contributed by atoms with E-state index < -0.39 is 0 Å². The third kappa shape index (κ3) is 2.24. The van der Waals surface area contributed by atoms with Gasteiger partial charge in [-0.2, -0.15) is 0 Å². The molecule has 4 rings (SSSR count). The Morgan fingerprint density at radius 3 is 2.59 bits per heavy atom. The highest BCUT2D eigenvalue weighted by atomic mass is 15.1. The van der Waals surface area contributed by atoms with Gasteiger partial charge < -0.3 is 4.57 Å². The van der Waals surface area contributed by atoms with E-state index in [0.717, 1.165) is 28.8 Å². The van der Waals surface area contributed by atoms with Gasteiger partial charge in [0.15, 0.2) is 0 Å². The Bertz CT molecular complexity index is 907. The summed E-state index contributed by atoms with van der Waals surface area (Å²) in [5, 5.41) is 1.12. The molecule has 0 bridgehead atoms. The summed E-state index contributed by atoms with van der Waals surface area (Å²) in [5.74, 6) is 0.932. The number of nitrogens with zero attached hydrogens (tertiary/aromatic N) is 4. The van der Waals surface area contributed by atoms with Crippen LogP contribution in [0.25, 0.3) is 22.3 Å². The summed E-state index contributed by atoms with van der Waals surface area (Å²) in [4.78, 5) is 13.1. The Balaban J connectivity index is 1.82. The van der Waals surface area contributed by atoms with Crippen molar-refractivity contribution in [3.63, 3.8) is 0 Å². The second kappa shape index (κ2) is 5.41. The molecule has 0 N–H and O–H groups in total. The number of hydrogen-bond donors (Lipinski definition) is 0. The van der Waals surface area contributed by atoms with Gasteiger partial charge in [0.1, 0.15) is 5.82 Å². The zero-order valence-electron chi connectivity index (χ0n) is 11.9. The van der Waals surface area contributed by atoms with E-state index in [1.165, 1.54) is 5.56 Å². The molecule has 4 heteroatoms. The molecule has 0 amide bonds. The maximum atomic E-state index is 4.54. The molecule has 0 radical (unpaired) electrons. The predicted molar refractivity (Wildman–Crippen MR) is 86.3 cm³/mol. The van der Waals surface area contributed by atoms with Crippen LogP contribution in [0, 0.1) is 0 Å². The topological polar surface area (TPSA) is 43.6 Å². The van der Waals surface area contributed by atoms with Gasteiger partial charge >= 0.3 is 0 Å². The first kappa shape index (κ1) is 12.7. The van der Waals surface area contributed by atoms with E-state index in [4.69, 9.17) is 0 Å². The zero-order valence-corrected chi connectivity index (χ0v) is 11.9. The molecular formula is C18H14N4. The van der Waals surface area contributed by atoms with E-state index in [9.17, 15) is 0 Å². The first-order valence-electron chi connectivity index (χ1n) is 7.16. The first-order valence-corrected chi connectivity index (χ1v) is 7.16. The maximum Gasteiger partial charge on any atom is 0.142 e. The van der Waals surface area contributed by atoms with Gasteiger partial charge in [-0.1, -0.05) is 18.2 Å². The second-order valence-electron chi connectivity index (χ2n) is 5.11. The Kier molecular flexibility index (Phi) is 3.12. The molecule has 3 heterocycles. The van der Waals surface area contributed by atoms with Crippen molar-refractivity contribution in [2.24, 2.45) is 0 Å². The van der Waals surface area contributed by atoms with Crippen LogP contribution in [-0.2, 0) is 6.54 Å². The highest BCUT2D eigenvalue weighted by Gasteiger charge is 2.10. The lowest BCUT2D eigenvalue weighted by molar-refractivity contribution is 0.806. The van der Waals surface area contributed by atoms with Gasteiger partial charge in [-0.25, -0.2) is 4.98 Å². The quantitative estimate of drug-likeness (QED) is 0.578. The molecule has 1 aromatic carbocycles. The number of imidazole rings is 1. The summed E-state index contributed by atoms with van der Waals surface area (Å²) in [5.41, 5.74) is 3.23. The van der Waals surface area contributed by atoms with Gasteiger partial charge in [0, 0.05) is 48.5 Å². The molecule has 0 saturated heterocycles. The first-order chi connectivity index (χ1) is 10.9. The van der Waals surface area contributed by atoms with Crippen LogP contribution in [0.3, 0.4) is 0 Å². The van der Waals surface area contributed by atoms with Crippen molar-refractivity contribution in [2.45, 2.75) is 6.54 Å². The molecule has 106 valence electrons. The summed E-state index contributed by atoms with van der Waals surface area (Å²) in [6.45, 7) is 0.765. The lowest BCUT2D eigenvalue weighted by Gasteiger charge is -2.09. The fourth-order valence-electron chi connectivity index (χ4n) is 2.65. The van der Waals surface area contributed by atoms with E-state index >= 15 is 0 Å². The van der Waals surface area contributed by atoms with Crippen LogP contribution < -0.4 is 0 Å². The Morgan fingerprint density at radius 2 is 1.68 bits per heavy atom. The van der Waals surface area contributed by atoms with Crippen molar-refractivity contribution in [1.29, 1.82) is 0 Å². The molecule has 4 aromatic rings. The molecule has 4 nitrogen and oxygen atoms in total. The SMILES string of the molecule is c1cnc2c(-c3nccn3Cc3ccncc3)cccc2c1. The molecule has 22 heavy (non-hydrogen) atoms. The number of fused-ring (bicyclic) bond motifs is 1. The zero-order chi connectivity index (χ0) is 14.8. The summed E-state index contributed by atoms with van der Waals surface area (Å²) in [6, 6.07) is 14.3. The standard InChI is InChI=1S/C18H14N4/c1-3-15-4-2-8-20-17(15)16(5-1)18-21-11-12-22(18)13-14-6-9-19-10-7-14/h1-12H,13H2. The predicted octanol–water partition coefficient (Wildman–Crippen LogP) is 3.54. The average Bonchev–Trinajstić information content (AvgIpc) is 3.03. The molecule has 0 aliphatic carbocycles. The Labute approximate surface area is 128 Å². The molecule has 0 fully saturated rings. The van der Waals surface area contributed by atoms with Crippen LogP contribution in [0.15, 0.2) is 73.4 Å². The van der Waals surface area contributed by atoms with Gasteiger partial charge in [0.05, 0.1) is 5.52 Å². The van der Waals surface area contributed by atoms with Gasteiger partial charge in [-0.05, 0) is 29.8 Å². The van der Waals surface area contributed by atoms with Crippen LogP contribution >= 0.6 is 0 Å². The summed E-state index contributed by atoms with van der Waals surface area (Å²) in [6.07, 6.45) is 9.27. The molecule has 0 atom stereocenters. The van der Waals surface area contributed by atoms with Crippen molar-refractivity contribution < 1.29 is 0 Å². The lowest BCUT2D eigenvalue weighted by atomic mass is 10.1.